The van der Waals surface area contributed by atoms with Gasteiger partial charge in [-0.3, -0.25) is 9.78 Å². The summed E-state index contributed by atoms with van der Waals surface area (Å²) in [6.45, 7) is 7.18. The van der Waals surface area contributed by atoms with Crippen molar-refractivity contribution in [3.63, 3.8) is 0 Å². The molecular formula is C24H28N4O. The van der Waals surface area contributed by atoms with Gasteiger partial charge in [-0.1, -0.05) is 39.0 Å². The van der Waals surface area contributed by atoms with Gasteiger partial charge in [0.1, 0.15) is 5.82 Å². The standard InChI is InChI=1S/C24H28N4O/c1-24(2,3)20-7-5-6-8-21(20)27-22-17-19(11-15-26-22)23(29)28(4)16-12-18-9-13-25-14-10-18/h5-11,13-15,17H,12,16H2,1-4H3,(H,26,27). The summed E-state index contributed by atoms with van der Waals surface area (Å²) in [4.78, 5) is 23.0. The lowest BCUT2D eigenvalue weighted by molar-refractivity contribution is 0.0796. The summed E-state index contributed by atoms with van der Waals surface area (Å²) in [6.07, 6.45) is 6.01. The number of nitrogens with one attached hydrogen (secondary N) is 1. The lowest BCUT2D eigenvalue weighted by atomic mass is 9.86. The highest BCUT2D eigenvalue weighted by Crippen LogP contribution is 2.31. The molecule has 0 bridgehead atoms. The molecule has 0 saturated carbocycles. The third-order valence-electron chi connectivity index (χ3n) is 4.84. The lowest BCUT2D eigenvalue weighted by Gasteiger charge is -2.23. The molecule has 3 aromatic rings. The average molecular weight is 389 g/mol. The van der Waals surface area contributed by atoms with Crippen LogP contribution in [0.4, 0.5) is 11.5 Å². The third kappa shape index (κ3) is 5.41. The van der Waals surface area contributed by atoms with Gasteiger partial charge in [0.15, 0.2) is 0 Å². The highest BCUT2D eigenvalue weighted by Gasteiger charge is 2.18. The van der Waals surface area contributed by atoms with Gasteiger partial charge in [-0.25, -0.2) is 4.98 Å². The van der Waals surface area contributed by atoms with E-state index < -0.39 is 0 Å². The maximum absolute atomic E-state index is 12.9. The number of pyridine rings is 2. The molecule has 0 aliphatic rings. The van der Waals surface area contributed by atoms with Gasteiger partial charge in [-0.15, -0.1) is 0 Å². The average Bonchev–Trinajstić information content (AvgIpc) is 2.72. The van der Waals surface area contributed by atoms with Crippen LogP contribution in [0.5, 0.6) is 0 Å². The fraction of sp³-hybridized carbons (Fsp3) is 0.292. The van der Waals surface area contributed by atoms with E-state index in [1.54, 1.807) is 29.6 Å². The maximum Gasteiger partial charge on any atom is 0.253 e. The normalized spacial score (nSPS) is 11.2. The van der Waals surface area contributed by atoms with Crippen LogP contribution in [-0.4, -0.2) is 34.4 Å². The Balaban J connectivity index is 1.72. The van der Waals surface area contributed by atoms with Gasteiger partial charge in [-0.2, -0.15) is 0 Å². The molecular weight excluding hydrogens is 360 g/mol. The van der Waals surface area contributed by atoms with Crippen molar-refractivity contribution in [1.82, 2.24) is 14.9 Å². The van der Waals surface area contributed by atoms with Crippen LogP contribution < -0.4 is 5.32 Å². The number of rotatable bonds is 6. The molecule has 0 atom stereocenters. The third-order valence-corrected chi connectivity index (χ3v) is 4.84. The monoisotopic (exact) mass is 388 g/mol. The predicted octanol–water partition coefficient (Wildman–Crippen LogP) is 4.83. The zero-order chi connectivity index (χ0) is 20.9. The first kappa shape index (κ1) is 20.5. The highest BCUT2D eigenvalue weighted by atomic mass is 16.2. The van der Waals surface area contributed by atoms with Crippen molar-refractivity contribution in [3.05, 3.63) is 83.8 Å². The number of carbonyl (C=O) groups excluding carboxylic acids is 1. The molecule has 1 N–H and O–H groups in total. The predicted molar refractivity (Wildman–Crippen MR) is 118 cm³/mol. The Morgan fingerprint density at radius 3 is 2.48 bits per heavy atom. The van der Waals surface area contributed by atoms with Gasteiger partial charge in [0.2, 0.25) is 0 Å². The van der Waals surface area contributed by atoms with Gasteiger partial charge in [-0.05, 0) is 53.3 Å². The van der Waals surface area contributed by atoms with E-state index in [0.717, 1.165) is 17.7 Å². The molecule has 0 aliphatic heterocycles. The molecule has 2 heterocycles. The first-order chi connectivity index (χ1) is 13.8. The molecule has 0 aliphatic carbocycles. The maximum atomic E-state index is 12.9. The van der Waals surface area contributed by atoms with Gasteiger partial charge in [0.25, 0.3) is 5.91 Å². The van der Waals surface area contributed by atoms with Crippen molar-refractivity contribution < 1.29 is 4.79 Å². The molecule has 150 valence electrons. The number of carbonyl (C=O) groups is 1. The largest absolute Gasteiger partial charge is 0.341 e. The Kier molecular flexibility index (Phi) is 6.27. The zero-order valence-corrected chi connectivity index (χ0v) is 17.5. The molecule has 1 aromatic carbocycles. The topological polar surface area (TPSA) is 58.1 Å². The van der Waals surface area contributed by atoms with Crippen LogP contribution in [-0.2, 0) is 11.8 Å². The number of hydrogen-bond acceptors (Lipinski definition) is 4. The molecule has 0 fully saturated rings. The zero-order valence-electron chi connectivity index (χ0n) is 17.5. The number of anilines is 2. The summed E-state index contributed by atoms with van der Waals surface area (Å²) in [5.41, 5.74) is 3.99. The van der Waals surface area contributed by atoms with E-state index in [1.165, 1.54) is 5.56 Å². The van der Waals surface area contributed by atoms with Crippen LogP contribution >= 0.6 is 0 Å². The Morgan fingerprint density at radius 1 is 1.03 bits per heavy atom. The summed E-state index contributed by atoms with van der Waals surface area (Å²) in [7, 11) is 1.83. The van der Waals surface area contributed by atoms with E-state index in [0.29, 0.717) is 17.9 Å². The van der Waals surface area contributed by atoms with Crippen molar-refractivity contribution in [2.75, 3.05) is 18.9 Å². The summed E-state index contributed by atoms with van der Waals surface area (Å²) in [6, 6.07) is 15.7. The minimum Gasteiger partial charge on any atom is -0.341 e. The van der Waals surface area contributed by atoms with E-state index in [9.17, 15) is 4.79 Å². The summed E-state index contributed by atoms with van der Waals surface area (Å²) < 4.78 is 0. The van der Waals surface area contributed by atoms with E-state index in [-0.39, 0.29) is 11.3 Å². The van der Waals surface area contributed by atoms with Gasteiger partial charge < -0.3 is 10.2 Å². The fourth-order valence-corrected chi connectivity index (χ4v) is 3.18. The Hall–Kier alpha value is -3.21. The van der Waals surface area contributed by atoms with Crippen molar-refractivity contribution in [2.45, 2.75) is 32.6 Å². The SMILES string of the molecule is CN(CCc1ccncc1)C(=O)c1ccnc(Nc2ccccc2C(C)(C)C)c1. The lowest BCUT2D eigenvalue weighted by Crippen LogP contribution is -2.29. The van der Waals surface area contributed by atoms with Crippen molar-refractivity contribution in [2.24, 2.45) is 0 Å². The van der Waals surface area contributed by atoms with Crippen LogP contribution in [0.25, 0.3) is 0 Å². The van der Waals surface area contributed by atoms with Crippen LogP contribution in [0, 0.1) is 0 Å². The number of aromatic nitrogens is 2. The molecule has 1 amide bonds. The smallest absolute Gasteiger partial charge is 0.253 e. The van der Waals surface area contributed by atoms with E-state index in [1.807, 2.05) is 43.4 Å². The van der Waals surface area contributed by atoms with Crippen molar-refractivity contribution >= 4 is 17.4 Å². The first-order valence-electron chi connectivity index (χ1n) is 9.81. The molecule has 0 saturated heterocycles. The Morgan fingerprint density at radius 2 is 1.76 bits per heavy atom. The number of nitrogens with zero attached hydrogens (tertiary/aromatic N) is 3. The van der Waals surface area contributed by atoms with Crippen molar-refractivity contribution in [1.29, 1.82) is 0 Å². The van der Waals surface area contributed by atoms with E-state index in [2.05, 4.69) is 42.1 Å². The number of amides is 1. The Labute approximate surface area is 172 Å². The number of para-hydroxylation sites is 1. The summed E-state index contributed by atoms with van der Waals surface area (Å²) in [5, 5.41) is 3.38. The number of likely N-dealkylation sites (N-methyl/N-ethyl adjacent to an activating group) is 1. The molecule has 3 rings (SSSR count). The second-order valence-corrected chi connectivity index (χ2v) is 8.18. The van der Waals surface area contributed by atoms with Gasteiger partial charge in [0.05, 0.1) is 0 Å². The van der Waals surface area contributed by atoms with Crippen LogP contribution in [0.2, 0.25) is 0 Å². The molecule has 2 aromatic heterocycles. The number of hydrogen-bond donors (Lipinski definition) is 1. The summed E-state index contributed by atoms with van der Waals surface area (Å²) >= 11 is 0. The highest BCUT2D eigenvalue weighted by molar-refractivity contribution is 5.94. The minimum atomic E-state index is -0.0198. The molecule has 5 nitrogen and oxygen atoms in total. The second kappa shape index (κ2) is 8.86. The second-order valence-electron chi connectivity index (χ2n) is 8.18. The number of benzene rings is 1. The quantitative estimate of drug-likeness (QED) is 0.657. The van der Waals surface area contributed by atoms with Crippen molar-refractivity contribution in [3.8, 4) is 0 Å². The van der Waals surface area contributed by atoms with Crippen LogP contribution in [0.3, 0.4) is 0 Å². The summed E-state index contributed by atoms with van der Waals surface area (Å²) in [5.74, 6) is 0.642. The molecule has 0 spiro atoms. The fourth-order valence-electron chi connectivity index (χ4n) is 3.18. The van der Waals surface area contributed by atoms with E-state index in [4.69, 9.17) is 0 Å². The minimum absolute atomic E-state index is 0.00417. The van der Waals surface area contributed by atoms with Crippen LogP contribution in [0.15, 0.2) is 67.1 Å². The molecule has 0 radical (unpaired) electrons. The van der Waals surface area contributed by atoms with Gasteiger partial charge in [0, 0.05) is 43.4 Å². The van der Waals surface area contributed by atoms with Gasteiger partial charge >= 0.3 is 0 Å². The van der Waals surface area contributed by atoms with E-state index >= 15 is 0 Å². The molecule has 29 heavy (non-hydrogen) atoms. The molecule has 0 unspecified atom stereocenters. The first-order valence-corrected chi connectivity index (χ1v) is 9.81. The Bertz CT molecular complexity index is 964. The molecule has 5 heteroatoms. The van der Waals surface area contributed by atoms with Crippen LogP contribution in [0.1, 0.15) is 42.3 Å².